The summed E-state index contributed by atoms with van der Waals surface area (Å²) in [5, 5.41) is 8.42. The first-order valence-electron chi connectivity index (χ1n) is 22.8. The van der Waals surface area contributed by atoms with E-state index in [9.17, 15) is 0 Å². The summed E-state index contributed by atoms with van der Waals surface area (Å²) in [7, 11) is 0. The molecule has 0 aliphatic carbocycles. The average molecular weight is 854 g/mol. The van der Waals surface area contributed by atoms with Gasteiger partial charge in [0.15, 0.2) is 5.82 Å². The molecule has 0 radical (unpaired) electrons. The number of aromatic nitrogens is 5. The van der Waals surface area contributed by atoms with Crippen LogP contribution < -0.4 is 0 Å². The van der Waals surface area contributed by atoms with Gasteiger partial charge in [-0.1, -0.05) is 133 Å². The summed E-state index contributed by atoms with van der Waals surface area (Å²) in [5.41, 5.74) is 16.5. The van der Waals surface area contributed by atoms with Gasteiger partial charge in [0.25, 0.3) is 0 Å². The summed E-state index contributed by atoms with van der Waals surface area (Å²) < 4.78 is 7.07. The molecule has 0 spiro atoms. The van der Waals surface area contributed by atoms with E-state index in [1.165, 1.54) is 65.4 Å². The Balaban J connectivity index is 0.925. The van der Waals surface area contributed by atoms with E-state index in [0.29, 0.717) is 5.82 Å². The van der Waals surface area contributed by atoms with Crippen molar-refractivity contribution in [3.8, 4) is 50.8 Å². The standard InChI is InChI=1S/C62H39N5/c1-2-14-44(15-3-1)65-59-25-13-8-20-51(59)52-38-43(31-37-60(52)65)42-30-36-54-53(39-42)61(40-26-32-45(33-27-40)66-55-21-9-4-16-47(55)48-17-5-10-22-56(48)66)64-62(63-54)41-28-34-46(35-29-41)67-57-23-11-6-18-49(57)50-19-7-12-24-58(50)67/h1-39H. The second kappa shape index (κ2) is 14.7. The van der Waals surface area contributed by atoms with Gasteiger partial charge in [-0.15, -0.1) is 0 Å². The maximum Gasteiger partial charge on any atom is 0.160 e. The van der Waals surface area contributed by atoms with Crippen LogP contribution >= 0.6 is 0 Å². The first kappa shape index (κ1) is 37.3. The third-order valence-corrected chi connectivity index (χ3v) is 13.7. The Bertz CT molecular complexity index is 4140. The molecular weight excluding hydrogens is 815 g/mol. The van der Waals surface area contributed by atoms with Gasteiger partial charge in [-0.2, -0.15) is 0 Å². The highest BCUT2D eigenvalue weighted by Gasteiger charge is 2.18. The zero-order valence-corrected chi connectivity index (χ0v) is 36.3. The minimum absolute atomic E-state index is 0.686. The molecule has 0 saturated carbocycles. The number of fused-ring (bicyclic) bond motifs is 10. The van der Waals surface area contributed by atoms with Crippen LogP contribution in [0.3, 0.4) is 0 Å². The van der Waals surface area contributed by atoms with Gasteiger partial charge in [0.1, 0.15) is 0 Å². The fraction of sp³-hybridized carbons (Fsp3) is 0. The number of hydrogen-bond donors (Lipinski definition) is 0. The Kier molecular flexibility index (Phi) is 8.21. The lowest BCUT2D eigenvalue weighted by Crippen LogP contribution is -1.98. The Morgan fingerprint density at radius 2 is 0.597 bits per heavy atom. The molecule has 0 unspecified atom stereocenters. The van der Waals surface area contributed by atoms with Crippen molar-refractivity contribution in [2.24, 2.45) is 0 Å². The van der Waals surface area contributed by atoms with Crippen molar-refractivity contribution in [2.45, 2.75) is 0 Å². The molecule has 0 bridgehead atoms. The fourth-order valence-corrected chi connectivity index (χ4v) is 10.6. The predicted octanol–water partition coefficient (Wildman–Crippen LogP) is 15.9. The van der Waals surface area contributed by atoms with Gasteiger partial charge in [0.2, 0.25) is 0 Å². The Morgan fingerprint density at radius 1 is 0.239 bits per heavy atom. The van der Waals surface area contributed by atoms with Crippen molar-refractivity contribution in [1.29, 1.82) is 0 Å². The van der Waals surface area contributed by atoms with Crippen LogP contribution in [0.1, 0.15) is 0 Å². The van der Waals surface area contributed by atoms with E-state index < -0.39 is 0 Å². The highest BCUT2D eigenvalue weighted by molar-refractivity contribution is 6.12. The zero-order valence-electron chi connectivity index (χ0n) is 36.3. The van der Waals surface area contributed by atoms with Crippen molar-refractivity contribution < 1.29 is 0 Å². The average Bonchev–Trinajstić information content (AvgIpc) is 4.04. The molecule has 312 valence electrons. The lowest BCUT2D eigenvalue weighted by atomic mass is 9.98. The lowest BCUT2D eigenvalue weighted by Gasteiger charge is -2.14. The third kappa shape index (κ3) is 5.81. The lowest BCUT2D eigenvalue weighted by molar-refractivity contribution is 1.17. The van der Waals surface area contributed by atoms with Crippen LogP contribution in [0.4, 0.5) is 0 Å². The first-order valence-corrected chi connectivity index (χ1v) is 22.8. The topological polar surface area (TPSA) is 40.6 Å². The van der Waals surface area contributed by atoms with E-state index in [-0.39, 0.29) is 0 Å². The van der Waals surface area contributed by atoms with E-state index in [4.69, 9.17) is 9.97 Å². The molecule has 0 fully saturated rings. The van der Waals surface area contributed by atoms with Crippen molar-refractivity contribution in [3.63, 3.8) is 0 Å². The molecule has 0 aliphatic rings. The van der Waals surface area contributed by atoms with Crippen LogP contribution in [0.2, 0.25) is 0 Å². The van der Waals surface area contributed by atoms with E-state index in [1.807, 2.05) is 0 Å². The Morgan fingerprint density at radius 3 is 1.09 bits per heavy atom. The van der Waals surface area contributed by atoms with Gasteiger partial charge in [-0.05, 0) is 114 Å². The molecule has 5 heteroatoms. The summed E-state index contributed by atoms with van der Waals surface area (Å²) in [4.78, 5) is 10.7. The molecule has 5 nitrogen and oxygen atoms in total. The molecule has 4 heterocycles. The maximum absolute atomic E-state index is 5.46. The molecule has 0 N–H and O–H groups in total. The van der Waals surface area contributed by atoms with Crippen LogP contribution in [-0.2, 0) is 0 Å². The summed E-state index contributed by atoms with van der Waals surface area (Å²) in [6, 6.07) is 84.9. The minimum atomic E-state index is 0.686. The van der Waals surface area contributed by atoms with Crippen LogP contribution in [0.25, 0.3) is 127 Å². The van der Waals surface area contributed by atoms with Crippen LogP contribution in [-0.4, -0.2) is 23.7 Å². The summed E-state index contributed by atoms with van der Waals surface area (Å²) in [6.45, 7) is 0. The van der Waals surface area contributed by atoms with E-state index in [0.717, 1.165) is 55.9 Å². The number of benzene rings is 10. The summed E-state index contributed by atoms with van der Waals surface area (Å²) in [5.74, 6) is 0.686. The monoisotopic (exact) mass is 853 g/mol. The number of para-hydroxylation sites is 6. The van der Waals surface area contributed by atoms with Gasteiger partial charge < -0.3 is 13.7 Å². The van der Waals surface area contributed by atoms with E-state index in [2.05, 4.69) is 250 Å². The number of nitrogens with zero attached hydrogens (tertiary/aromatic N) is 5. The molecule has 14 aromatic rings. The zero-order chi connectivity index (χ0) is 44.0. The smallest absolute Gasteiger partial charge is 0.160 e. The molecule has 0 aliphatic heterocycles. The highest BCUT2D eigenvalue weighted by atomic mass is 15.0. The maximum atomic E-state index is 5.46. The molecule has 0 amide bonds. The van der Waals surface area contributed by atoms with E-state index in [1.54, 1.807) is 0 Å². The summed E-state index contributed by atoms with van der Waals surface area (Å²) in [6.07, 6.45) is 0. The minimum Gasteiger partial charge on any atom is -0.309 e. The Labute approximate surface area is 385 Å². The SMILES string of the molecule is c1ccc(-n2c3ccccc3c3cc(-c4ccc5nc(-c6ccc(-n7c8ccccc8c8ccccc87)cc6)nc(-c6ccc(-n7c8ccccc8c8ccccc87)cc6)c5c4)ccc32)cc1. The van der Waals surface area contributed by atoms with E-state index >= 15 is 0 Å². The normalized spacial score (nSPS) is 11.9. The second-order valence-corrected chi connectivity index (χ2v) is 17.4. The van der Waals surface area contributed by atoms with Crippen LogP contribution in [0.5, 0.6) is 0 Å². The molecule has 10 aromatic carbocycles. The van der Waals surface area contributed by atoms with Crippen LogP contribution in [0, 0.1) is 0 Å². The largest absolute Gasteiger partial charge is 0.309 e. The number of hydrogen-bond acceptors (Lipinski definition) is 2. The molecule has 0 atom stereocenters. The molecule has 4 aromatic heterocycles. The molecule has 67 heavy (non-hydrogen) atoms. The molecule has 0 saturated heterocycles. The summed E-state index contributed by atoms with van der Waals surface area (Å²) >= 11 is 0. The van der Waals surface area contributed by atoms with Gasteiger partial charge in [-0.3, -0.25) is 0 Å². The van der Waals surface area contributed by atoms with Gasteiger partial charge in [0, 0.05) is 65.9 Å². The van der Waals surface area contributed by atoms with Crippen molar-refractivity contribution in [3.05, 3.63) is 237 Å². The highest BCUT2D eigenvalue weighted by Crippen LogP contribution is 2.39. The number of rotatable bonds is 6. The second-order valence-electron chi connectivity index (χ2n) is 17.4. The molecule has 14 rings (SSSR count). The quantitative estimate of drug-likeness (QED) is 0.167. The van der Waals surface area contributed by atoms with Gasteiger partial charge in [0.05, 0.1) is 44.3 Å². The fourth-order valence-electron chi connectivity index (χ4n) is 10.6. The Hall–Kier alpha value is -9.06. The van der Waals surface area contributed by atoms with Crippen molar-refractivity contribution >= 4 is 76.3 Å². The first-order chi connectivity index (χ1) is 33.2. The van der Waals surface area contributed by atoms with Gasteiger partial charge in [-0.25, -0.2) is 9.97 Å². The van der Waals surface area contributed by atoms with Gasteiger partial charge >= 0.3 is 0 Å². The van der Waals surface area contributed by atoms with Crippen molar-refractivity contribution in [1.82, 2.24) is 23.7 Å². The van der Waals surface area contributed by atoms with Crippen LogP contribution in [0.15, 0.2) is 237 Å². The van der Waals surface area contributed by atoms with Crippen molar-refractivity contribution in [2.75, 3.05) is 0 Å². The predicted molar refractivity (Wildman–Crippen MR) is 279 cm³/mol. The molecular formula is C62H39N5. The third-order valence-electron chi connectivity index (χ3n) is 13.7.